The Bertz CT molecular complexity index is 873. The molecular formula is C18H11N3O2. The highest BCUT2D eigenvalue weighted by Crippen LogP contribution is 2.34. The van der Waals surface area contributed by atoms with Gasteiger partial charge in [-0.05, 0) is 24.3 Å². The third-order valence-electron chi connectivity index (χ3n) is 3.62. The number of hydrogen-bond donors (Lipinski definition) is 0. The fourth-order valence-corrected chi connectivity index (χ4v) is 2.57. The fraction of sp³-hybridized carbons (Fsp3) is 0. The van der Waals surface area contributed by atoms with Crippen molar-refractivity contribution >= 4 is 11.7 Å². The first-order valence-electron chi connectivity index (χ1n) is 7.09. The van der Waals surface area contributed by atoms with Gasteiger partial charge in [0.15, 0.2) is 0 Å². The van der Waals surface area contributed by atoms with Crippen LogP contribution in [0.5, 0.6) is 0 Å². The van der Waals surface area contributed by atoms with E-state index in [-0.39, 0.29) is 0 Å². The highest BCUT2D eigenvalue weighted by Gasteiger charge is 2.26. The molecule has 0 aliphatic heterocycles. The van der Waals surface area contributed by atoms with E-state index in [0.29, 0.717) is 11.3 Å². The number of hydrogen-bond acceptors (Lipinski definition) is 5. The largest absolute Gasteiger partial charge is 0.367 e. The van der Waals surface area contributed by atoms with E-state index in [1.54, 1.807) is 24.5 Å². The summed E-state index contributed by atoms with van der Waals surface area (Å²) >= 11 is 0. The molecule has 0 unspecified atom stereocenters. The molecule has 5 nitrogen and oxygen atoms in total. The minimum Gasteiger partial charge on any atom is -0.312 e. The molecule has 0 bridgehead atoms. The maximum absolute atomic E-state index is 12.0. The van der Waals surface area contributed by atoms with Crippen molar-refractivity contribution in [3.8, 4) is 11.3 Å². The van der Waals surface area contributed by atoms with Crippen LogP contribution < -0.4 is 0 Å². The number of rotatable bonds is 2. The molecular weight excluding hydrogens is 290 g/mol. The lowest BCUT2D eigenvalue weighted by molar-refractivity contribution is 0.0516. The lowest BCUT2D eigenvalue weighted by atomic mass is 10.1. The van der Waals surface area contributed by atoms with Crippen molar-refractivity contribution in [2.75, 3.05) is 0 Å². The van der Waals surface area contributed by atoms with E-state index in [4.69, 9.17) is 4.84 Å². The van der Waals surface area contributed by atoms with E-state index < -0.39 is 5.97 Å². The minimum atomic E-state index is -0.541. The van der Waals surface area contributed by atoms with Gasteiger partial charge in [0.05, 0.1) is 11.3 Å². The number of nitrogens with zero attached hydrogens (tertiary/aromatic N) is 3. The topological polar surface area (TPSA) is 64.4 Å². The number of benzene rings is 1. The Balaban J connectivity index is 1.73. The molecule has 23 heavy (non-hydrogen) atoms. The van der Waals surface area contributed by atoms with Crippen molar-refractivity contribution < 1.29 is 9.63 Å². The summed E-state index contributed by atoms with van der Waals surface area (Å²) in [5.74, 6) is -0.541. The zero-order valence-corrected chi connectivity index (χ0v) is 12.0. The number of aromatic nitrogens is 2. The van der Waals surface area contributed by atoms with Crippen LogP contribution in [0.25, 0.3) is 11.3 Å². The number of carbonyl (C=O) groups excluding carboxylic acids is 1. The van der Waals surface area contributed by atoms with E-state index in [1.807, 2.05) is 36.4 Å². The van der Waals surface area contributed by atoms with Crippen molar-refractivity contribution in [1.82, 2.24) is 9.97 Å². The van der Waals surface area contributed by atoms with Gasteiger partial charge in [-0.25, -0.2) is 4.79 Å². The van der Waals surface area contributed by atoms with Gasteiger partial charge in [0.2, 0.25) is 0 Å². The Morgan fingerprint density at radius 3 is 2.52 bits per heavy atom. The molecule has 2 heterocycles. The second-order valence-corrected chi connectivity index (χ2v) is 5.01. The van der Waals surface area contributed by atoms with Crippen LogP contribution in [-0.4, -0.2) is 21.6 Å². The van der Waals surface area contributed by atoms with Gasteiger partial charge in [-0.2, -0.15) is 0 Å². The summed E-state index contributed by atoms with van der Waals surface area (Å²) in [6.07, 6.45) is 4.78. The summed E-state index contributed by atoms with van der Waals surface area (Å²) in [7, 11) is 0. The first-order valence-corrected chi connectivity index (χ1v) is 7.09. The number of oxime groups is 1. The van der Waals surface area contributed by atoms with Crippen molar-refractivity contribution in [3.63, 3.8) is 0 Å². The van der Waals surface area contributed by atoms with E-state index in [9.17, 15) is 4.79 Å². The van der Waals surface area contributed by atoms with E-state index in [1.165, 1.54) is 6.20 Å². The van der Waals surface area contributed by atoms with Crippen molar-refractivity contribution in [2.45, 2.75) is 0 Å². The standard InChI is InChI=1S/C18H11N3O2/c22-18(12-5-3-9-19-11-12)23-21-17-14-7-2-1-6-13(14)16-15(17)8-4-10-20-16/h1-11H/b21-17+. The van der Waals surface area contributed by atoms with E-state index in [2.05, 4.69) is 15.1 Å². The van der Waals surface area contributed by atoms with Gasteiger partial charge in [0.1, 0.15) is 5.71 Å². The zero-order chi connectivity index (χ0) is 15.6. The summed E-state index contributed by atoms with van der Waals surface area (Å²) in [5.41, 5.74) is 4.56. The molecule has 0 radical (unpaired) electrons. The number of pyridine rings is 2. The Kier molecular flexibility index (Phi) is 3.16. The van der Waals surface area contributed by atoms with E-state index >= 15 is 0 Å². The first kappa shape index (κ1) is 13.3. The number of fused-ring (bicyclic) bond motifs is 3. The average Bonchev–Trinajstić information content (AvgIpc) is 2.94. The average molecular weight is 301 g/mol. The Morgan fingerprint density at radius 1 is 0.913 bits per heavy atom. The van der Waals surface area contributed by atoms with Gasteiger partial charge in [-0.1, -0.05) is 29.4 Å². The van der Waals surface area contributed by atoms with Crippen LogP contribution in [0.2, 0.25) is 0 Å². The van der Waals surface area contributed by atoms with Gasteiger partial charge in [-0.15, -0.1) is 0 Å². The Hall–Kier alpha value is -3.34. The third kappa shape index (κ3) is 2.28. The molecule has 0 saturated heterocycles. The minimum absolute atomic E-state index is 0.356. The smallest absolute Gasteiger partial charge is 0.312 e. The van der Waals surface area contributed by atoms with Gasteiger partial charge >= 0.3 is 5.97 Å². The monoisotopic (exact) mass is 301 g/mol. The van der Waals surface area contributed by atoms with Crippen molar-refractivity contribution in [3.05, 3.63) is 83.8 Å². The molecule has 110 valence electrons. The molecule has 2 aromatic heterocycles. The molecule has 4 rings (SSSR count). The molecule has 0 fully saturated rings. The van der Waals surface area contributed by atoms with Crippen LogP contribution in [0.3, 0.4) is 0 Å². The van der Waals surface area contributed by atoms with Crippen LogP contribution in [0.4, 0.5) is 0 Å². The molecule has 0 atom stereocenters. The Morgan fingerprint density at radius 2 is 1.70 bits per heavy atom. The Labute approximate surface area is 132 Å². The van der Waals surface area contributed by atoms with Gasteiger partial charge in [-0.3, -0.25) is 9.97 Å². The molecule has 5 heteroatoms. The molecule has 0 amide bonds. The maximum Gasteiger partial charge on any atom is 0.367 e. The molecule has 3 aromatic rings. The molecule has 1 aromatic carbocycles. The second kappa shape index (κ2) is 5.46. The lowest BCUT2D eigenvalue weighted by Crippen LogP contribution is -2.05. The van der Waals surface area contributed by atoms with Gasteiger partial charge in [0.25, 0.3) is 0 Å². The summed E-state index contributed by atoms with van der Waals surface area (Å²) in [4.78, 5) is 25.5. The predicted molar refractivity (Wildman–Crippen MR) is 85.0 cm³/mol. The molecule has 1 aliphatic rings. The SMILES string of the molecule is O=C(O/N=C1\c2ccccc2-c2ncccc21)c1cccnc1. The highest BCUT2D eigenvalue weighted by molar-refractivity contribution is 6.23. The van der Waals surface area contributed by atoms with Crippen LogP contribution in [0.1, 0.15) is 21.5 Å². The van der Waals surface area contributed by atoms with Crippen molar-refractivity contribution in [2.24, 2.45) is 5.16 Å². The first-order chi connectivity index (χ1) is 11.3. The molecule has 0 saturated carbocycles. The van der Waals surface area contributed by atoms with Crippen LogP contribution in [0.15, 0.2) is 72.3 Å². The normalized spacial score (nSPS) is 13.5. The van der Waals surface area contributed by atoms with Crippen molar-refractivity contribution in [1.29, 1.82) is 0 Å². The summed E-state index contributed by atoms with van der Waals surface area (Å²) in [6.45, 7) is 0. The molecule has 0 N–H and O–H groups in total. The zero-order valence-electron chi connectivity index (χ0n) is 12.0. The third-order valence-corrected chi connectivity index (χ3v) is 3.62. The summed E-state index contributed by atoms with van der Waals surface area (Å²) in [5, 5.41) is 4.08. The van der Waals surface area contributed by atoms with Gasteiger partial charge < -0.3 is 4.84 Å². The second-order valence-electron chi connectivity index (χ2n) is 5.01. The summed E-state index contributed by atoms with van der Waals surface area (Å²) < 4.78 is 0. The van der Waals surface area contributed by atoms with Crippen LogP contribution in [-0.2, 0) is 4.84 Å². The predicted octanol–water partition coefficient (Wildman–Crippen LogP) is 3.07. The van der Waals surface area contributed by atoms with Crippen LogP contribution in [0, 0.1) is 0 Å². The highest BCUT2D eigenvalue weighted by atomic mass is 16.7. The van der Waals surface area contributed by atoms with Crippen LogP contribution >= 0.6 is 0 Å². The molecule has 1 aliphatic carbocycles. The van der Waals surface area contributed by atoms with E-state index in [0.717, 1.165) is 22.4 Å². The fourth-order valence-electron chi connectivity index (χ4n) is 2.57. The molecule has 0 spiro atoms. The summed E-state index contributed by atoms with van der Waals surface area (Å²) in [6, 6.07) is 14.8. The quantitative estimate of drug-likeness (QED) is 0.421. The number of carbonyl (C=O) groups is 1. The maximum atomic E-state index is 12.0. The van der Waals surface area contributed by atoms with Gasteiger partial charge in [0, 0.05) is 35.3 Å². The lowest BCUT2D eigenvalue weighted by Gasteiger charge is -2.01.